The Morgan fingerprint density at radius 2 is 1.80 bits per heavy atom. The van der Waals surface area contributed by atoms with Gasteiger partial charge in [-0.3, -0.25) is 4.79 Å². The molecule has 0 unspecified atom stereocenters. The van der Waals surface area contributed by atoms with Crippen LogP contribution < -0.4 is 5.32 Å². The number of aryl methyl sites for hydroxylation is 2. The van der Waals surface area contributed by atoms with Gasteiger partial charge in [-0.25, -0.2) is 0 Å². The minimum absolute atomic E-state index is 0.0196. The highest BCUT2D eigenvalue weighted by Crippen LogP contribution is 2.21. The van der Waals surface area contributed by atoms with Crippen molar-refractivity contribution in [1.82, 2.24) is 9.88 Å². The fraction of sp³-hybridized carbons (Fsp3) is 0.227. The van der Waals surface area contributed by atoms with Gasteiger partial charge in [0.25, 0.3) is 0 Å². The molecule has 0 radical (unpaired) electrons. The number of hydrogen-bond donors (Lipinski definition) is 1. The van der Waals surface area contributed by atoms with Crippen LogP contribution in [0.5, 0.6) is 0 Å². The third-order valence-electron chi connectivity index (χ3n) is 4.38. The SMILES string of the molecule is Cn1cc(CCC=CC(=O)NCCc2ccccc2)c2ccccc21. The molecule has 25 heavy (non-hydrogen) atoms. The lowest BCUT2D eigenvalue weighted by molar-refractivity contribution is -0.116. The van der Waals surface area contributed by atoms with Crippen molar-refractivity contribution in [2.24, 2.45) is 7.05 Å². The van der Waals surface area contributed by atoms with Crippen molar-refractivity contribution >= 4 is 16.8 Å². The molecule has 0 aliphatic heterocycles. The van der Waals surface area contributed by atoms with Crippen LogP contribution in [0.3, 0.4) is 0 Å². The van der Waals surface area contributed by atoms with E-state index in [2.05, 4.69) is 59.5 Å². The van der Waals surface area contributed by atoms with Gasteiger partial charge < -0.3 is 9.88 Å². The zero-order valence-corrected chi connectivity index (χ0v) is 14.6. The fourth-order valence-corrected chi connectivity index (χ4v) is 3.09. The summed E-state index contributed by atoms with van der Waals surface area (Å²) in [7, 11) is 2.07. The number of para-hydroxylation sites is 1. The normalized spacial score (nSPS) is 11.2. The Morgan fingerprint density at radius 1 is 1.04 bits per heavy atom. The van der Waals surface area contributed by atoms with E-state index >= 15 is 0 Å². The summed E-state index contributed by atoms with van der Waals surface area (Å²) in [6.07, 6.45) is 8.44. The molecule has 1 amide bonds. The van der Waals surface area contributed by atoms with E-state index in [1.54, 1.807) is 6.08 Å². The number of fused-ring (bicyclic) bond motifs is 1. The van der Waals surface area contributed by atoms with Crippen LogP contribution in [0, 0.1) is 0 Å². The summed E-state index contributed by atoms with van der Waals surface area (Å²) < 4.78 is 2.16. The highest BCUT2D eigenvalue weighted by Gasteiger charge is 2.04. The smallest absolute Gasteiger partial charge is 0.243 e. The number of rotatable bonds is 7. The molecular weight excluding hydrogens is 308 g/mol. The Labute approximate surface area is 149 Å². The number of nitrogens with one attached hydrogen (secondary N) is 1. The second-order valence-corrected chi connectivity index (χ2v) is 6.25. The first-order valence-corrected chi connectivity index (χ1v) is 8.75. The van der Waals surface area contributed by atoms with Crippen LogP contribution in [0.4, 0.5) is 0 Å². The number of nitrogens with zero attached hydrogens (tertiary/aromatic N) is 1. The van der Waals surface area contributed by atoms with E-state index in [1.165, 1.54) is 22.0 Å². The van der Waals surface area contributed by atoms with Gasteiger partial charge >= 0.3 is 0 Å². The maximum absolute atomic E-state index is 11.9. The molecule has 0 fully saturated rings. The summed E-state index contributed by atoms with van der Waals surface area (Å²) in [6.45, 7) is 0.663. The van der Waals surface area contributed by atoms with Gasteiger partial charge in [0.05, 0.1) is 0 Å². The molecule has 0 aliphatic carbocycles. The Kier molecular flexibility index (Phi) is 5.68. The molecule has 0 saturated heterocycles. The second-order valence-electron chi connectivity index (χ2n) is 6.25. The predicted octanol–water partition coefficient (Wildman–Crippen LogP) is 4.03. The van der Waals surface area contributed by atoms with Crippen LogP contribution >= 0.6 is 0 Å². The summed E-state index contributed by atoms with van der Waals surface area (Å²) in [4.78, 5) is 11.9. The van der Waals surface area contributed by atoms with Crippen molar-refractivity contribution in [2.45, 2.75) is 19.3 Å². The lowest BCUT2D eigenvalue weighted by Gasteiger charge is -2.02. The van der Waals surface area contributed by atoms with Gasteiger partial charge in [-0.2, -0.15) is 0 Å². The van der Waals surface area contributed by atoms with Crippen LogP contribution in [0.15, 0.2) is 72.9 Å². The van der Waals surface area contributed by atoms with E-state index in [9.17, 15) is 4.79 Å². The summed E-state index contributed by atoms with van der Waals surface area (Å²) in [5.41, 5.74) is 3.81. The number of allylic oxidation sites excluding steroid dienone is 1. The minimum Gasteiger partial charge on any atom is -0.352 e. The van der Waals surface area contributed by atoms with Crippen molar-refractivity contribution in [3.63, 3.8) is 0 Å². The summed E-state index contributed by atoms with van der Waals surface area (Å²) in [5.74, 6) is -0.0196. The zero-order valence-electron chi connectivity index (χ0n) is 14.6. The second kappa shape index (κ2) is 8.34. The van der Waals surface area contributed by atoms with Crippen molar-refractivity contribution in [2.75, 3.05) is 6.54 Å². The number of hydrogen-bond acceptors (Lipinski definition) is 1. The van der Waals surface area contributed by atoms with Crippen LogP contribution in [0.2, 0.25) is 0 Å². The highest BCUT2D eigenvalue weighted by atomic mass is 16.1. The molecule has 0 atom stereocenters. The van der Waals surface area contributed by atoms with E-state index in [4.69, 9.17) is 0 Å². The maximum atomic E-state index is 11.9. The van der Waals surface area contributed by atoms with Crippen molar-refractivity contribution in [3.05, 3.63) is 84.1 Å². The van der Waals surface area contributed by atoms with Crippen molar-refractivity contribution in [1.29, 1.82) is 0 Å². The van der Waals surface area contributed by atoms with E-state index in [1.807, 2.05) is 24.3 Å². The summed E-state index contributed by atoms with van der Waals surface area (Å²) >= 11 is 0. The van der Waals surface area contributed by atoms with Crippen LogP contribution in [-0.2, 0) is 24.7 Å². The molecule has 1 aromatic heterocycles. The molecule has 2 aromatic carbocycles. The molecular formula is C22H24N2O. The van der Waals surface area contributed by atoms with E-state index in [-0.39, 0.29) is 5.91 Å². The average Bonchev–Trinajstić information content (AvgIpc) is 2.96. The van der Waals surface area contributed by atoms with Crippen LogP contribution in [0.25, 0.3) is 10.9 Å². The maximum Gasteiger partial charge on any atom is 0.243 e. The molecule has 1 heterocycles. The molecule has 3 aromatic rings. The fourth-order valence-electron chi connectivity index (χ4n) is 3.09. The number of benzene rings is 2. The molecule has 128 valence electrons. The Hall–Kier alpha value is -2.81. The Bertz CT molecular complexity index is 862. The first-order chi connectivity index (χ1) is 12.2. The highest BCUT2D eigenvalue weighted by molar-refractivity contribution is 5.87. The Balaban J connectivity index is 1.44. The number of carbonyl (C=O) groups is 1. The zero-order chi connectivity index (χ0) is 17.5. The molecule has 0 bridgehead atoms. The van der Waals surface area contributed by atoms with Crippen molar-refractivity contribution < 1.29 is 4.79 Å². The van der Waals surface area contributed by atoms with Gasteiger partial charge in [-0.05, 0) is 42.5 Å². The van der Waals surface area contributed by atoms with Gasteiger partial charge in [0.1, 0.15) is 0 Å². The van der Waals surface area contributed by atoms with E-state index < -0.39 is 0 Å². The molecule has 3 heteroatoms. The van der Waals surface area contributed by atoms with Crippen LogP contribution in [-0.4, -0.2) is 17.0 Å². The third kappa shape index (κ3) is 4.60. The molecule has 1 N–H and O–H groups in total. The third-order valence-corrected chi connectivity index (χ3v) is 4.38. The lowest BCUT2D eigenvalue weighted by Crippen LogP contribution is -2.23. The van der Waals surface area contributed by atoms with E-state index in [0.717, 1.165) is 19.3 Å². The molecule has 0 spiro atoms. The minimum atomic E-state index is -0.0196. The summed E-state index contributed by atoms with van der Waals surface area (Å²) in [5, 5.41) is 4.23. The monoisotopic (exact) mass is 332 g/mol. The predicted molar refractivity (Wildman–Crippen MR) is 104 cm³/mol. The average molecular weight is 332 g/mol. The largest absolute Gasteiger partial charge is 0.352 e. The lowest BCUT2D eigenvalue weighted by atomic mass is 10.1. The standard InChI is InChI=1S/C22H24N2O/c1-24-17-19(20-12-6-7-13-21(20)24)11-5-8-14-22(25)23-16-15-18-9-3-2-4-10-18/h2-4,6-10,12-14,17H,5,11,15-16H2,1H3,(H,23,25). The Morgan fingerprint density at radius 3 is 2.64 bits per heavy atom. The molecule has 3 nitrogen and oxygen atoms in total. The number of carbonyl (C=O) groups excluding carboxylic acids is 1. The van der Waals surface area contributed by atoms with Crippen LogP contribution in [0.1, 0.15) is 17.5 Å². The van der Waals surface area contributed by atoms with Crippen molar-refractivity contribution in [3.8, 4) is 0 Å². The van der Waals surface area contributed by atoms with Gasteiger partial charge in [0.15, 0.2) is 0 Å². The van der Waals surface area contributed by atoms with Gasteiger partial charge in [-0.15, -0.1) is 0 Å². The first kappa shape index (κ1) is 17.0. The molecule has 3 rings (SSSR count). The topological polar surface area (TPSA) is 34.0 Å². The van der Waals surface area contributed by atoms with E-state index in [0.29, 0.717) is 6.54 Å². The first-order valence-electron chi connectivity index (χ1n) is 8.75. The molecule has 0 saturated carbocycles. The quantitative estimate of drug-likeness (QED) is 0.651. The number of amides is 1. The molecule has 0 aliphatic rings. The van der Waals surface area contributed by atoms with Gasteiger partial charge in [0, 0.05) is 30.7 Å². The summed E-state index contributed by atoms with van der Waals surface area (Å²) in [6, 6.07) is 18.6. The number of aromatic nitrogens is 1. The van der Waals surface area contributed by atoms with Gasteiger partial charge in [-0.1, -0.05) is 54.6 Å². The van der Waals surface area contributed by atoms with Gasteiger partial charge in [0.2, 0.25) is 5.91 Å².